The molecule has 1 aromatic carbocycles. The molecule has 2 aliphatic rings. The number of nitrogens with zero attached hydrogens (tertiary/aromatic N) is 1. The van der Waals surface area contributed by atoms with E-state index in [-0.39, 0.29) is 5.91 Å². The molecule has 1 amide bonds. The van der Waals surface area contributed by atoms with Crippen LogP contribution in [0.25, 0.3) is 0 Å². The first kappa shape index (κ1) is 21.1. The average molecular weight is 389 g/mol. The zero-order valence-electron chi connectivity index (χ0n) is 17.7. The summed E-state index contributed by atoms with van der Waals surface area (Å²) in [5, 5.41) is 3.00. The molecule has 0 spiro atoms. The molecule has 3 rings (SSSR count). The number of hydrogen-bond acceptors (Lipinski definition) is 4. The molecule has 156 valence electrons. The minimum Gasteiger partial charge on any atom is -0.494 e. The molecular formula is C23H36N2O3. The van der Waals surface area contributed by atoms with E-state index in [0.29, 0.717) is 18.6 Å². The van der Waals surface area contributed by atoms with E-state index in [4.69, 9.17) is 9.47 Å². The van der Waals surface area contributed by atoms with Crippen LogP contribution in [0.15, 0.2) is 24.3 Å². The smallest absolute Gasteiger partial charge is 0.256 e. The maximum Gasteiger partial charge on any atom is 0.256 e. The summed E-state index contributed by atoms with van der Waals surface area (Å²) < 4.78 is 11.7. The monoisotopic (exact) mass is 388 g/mol. The molecule has 0 radical (unpaired) electrons. The Morgan fingerprint density at radius 3 is 2.61 bits per heavy atom. The summed E-state index contributed by atoms with van der Waals surface area (Å²) in [5.74, 6) is 1.12. The molecule has 2 unspecified atom stereocenters. The van der Waals surface area contributed by atoms with Crippen molar-refractivity contribution in [3.8, 4) is 5.75 Å². The Morgan fingerprint density at radius 2 is 1.96 bits per heavy atom. The Bertz CT molecular complexity index is 629. The van der Waals surface area contributed by atoms with Crippen molar-refractivity contribution >= 4 is 11.6 Å². The molecule has 5 nitrogen and oxygen atoms in total. The van der Waals surface area contributed by atoms with Crippen molar-refractivity contribution in [3.05, 3.63) is 24.3 Å². The Balaban J connectivity index is 1.42. The lowest BCUT2D eigenvalue weighted by atomic mass is 9.99. The molecule has 28 heavy (non-hydrogen) atoms. The first-order valence-electron chi connectivity index (χ1n) is 10.9. The van der Waals surface area contributed by atoms with Crippen LogP contribution in [0.5, 0.6) is 5.75 Å². The van der Waals surface area contributed by atoms with Crippen LogP contribution in [-0.2, 0) is 9.53 Å². The number of piperidine rings is 1. The molecule has 5 heteroatoms. The Kier molecular flexibility index (Phi) is 7.36. The fraction of sp³-hybridized carbons (Fsp3) is 0.696. The largest absolute Gasteiger partial charge is 0.494 e. The van der Waals surface area contributed by atoms with E-state index >= 15 is 0 Å². The average Bonchev–Trinajstić information content (AvgIpc) is 3.53. The molecule has 0 aromatic heterocycles. The second-order valence-corrected chi connectivity index (χ2v) is 8.38. The van der Waals surface area contributed by atoms with Gasteiger partial charge in [0.25, 0.3) is 5.91 Å². The lowest BCUT2D eigenvalue weighted by Crippen LogP contribution is -2.44. The van der Waals surface area contributed by atoms with E-state index in [1.807, 2.05) is 38.1 Å². The van der Waals surface area contributed by atoms with Crippen molar-refractivity contribution in [2.75, 3.05) is 31.6 Å². The Labute approximate surface area is 169 Å². The van der Waals surface area contributed by atoms with Gasteiger partial charge >= 0.3 is 0 Å². The summed E-state index contributed by atoms with van der Waals surface area (Å²) in [4.78, 5) is 15.3. The number of nitrogens with one attached hydrogen (secondary N) is 1. The van der Waals surface area contributed by atoms with E-state index < -0.39 is 5.60 Å². The Hall–Kier alpha value is -1.59. The highest BCUT2D eigenvalue weighted by atomic mass is 16.5. The van der Waals surface area contributed by atoms with E-state index in [0.717, 1.165) is 43.9 Å². The second kappa shape index (κ2) is 9.75. The summed E-state index contributed by atoms with van der Waals surface area (Å²) in [5.41, 5.74) is 0.0567. The number of anilines is 1. The van der Waals surface area contributed by atoms with Crippen molar-refractivity contribution in [1.29, 1.82) is 0 Å². The summed E-state index contributed by atoms with van der Waals surface area (Å²) in [7, 11) is 0. The van der Waals surface area contributed by atoms with Crippen molar-refractivity contribution in [3.63, 3.8) is 0 Å². The predicted octanol–water partition coefficient (Wildman–Crippen LogP) is 4.47. The van der Waals surface area contributed by atoms with Crippen molar-refractivity contribution in [1.82, 2.24) is 4.90 Å². The number of rotatable bonds is 10. The molecule has 2 fully saturated rings. The van der Waals surface area contributed by atoms with Gasteiger partial charge in [0.1, 0.15) is 11.4 Å². The van der Waals surface area contributed by atoms with Gasteiger partial charge in [-0.3, -0.25) is 4.79 Å². The minimum absolute atomic E-state index is 0.0545. The van der Waals surface area contributed by atoms with Crippen LogP contribution in [0.4, 0.5) is 5.69 Å². The number of likely N-dealkylation sites (tertiary alicyclic amines) is 1. The highest BCUT2D eigenvalue weighted by molar-refractivity contribution is 5.97. The number of ether oxygens (including phenoxy) is 2. The topological polar surface area (TPSA) is 50.8 Å². The standard InChI is InChI=1S/C23H36N2O3/c1-4-28-23(3,19-9-10-19)22(26)24-20-11-13-21(14-12-20)27-17-7-16-25-15-6-5-8-18(25)2/h11-14,18-19H,4-10,15-17H2,1-3H3,(H,24,26). The fourth-order valence-electron chi connectivity index (χ4n) is 4.14. The lowest BCUT2D eigenvalue weighted by molar-refractivity contribution is -0.141. The van der Waals surface area contributed by atoms with Gasteiger partial charge in [0.2, 0.25) is 0 Å². The van der Waals surface area contributed by atoms with Crippen LogP contribution in [0.2, 0.25) is 0 Å². The van der Waals surface area contributed by atoms with Gasteiger partial charge in [0.05, 0.1) is 6.61 Å². The number of amides is 1. The third-order valence-electron chi connectivity index (χ3n) is 6.16. The van der Waals surface area contributed by atoms with Crippen LogP contribution in [0.3, 0.4) is 0 Å². The third-order valence-corrected chi connectivity index (χ3v) is 6.16. The van der Waals surface area contributed by atoms with Gasteiger partial charge in [-0.1, -0.05) is 6.42 Å². The fourth-order valence-corrected chi connectivity index (χ4v) is 4.14. The summed E-state index contributed by atoms with van der Waals surface area (Å²) in [6.07, 6.45) is 7.16. The van der Waals surface area contributed by atoms with Gasteiger partial charge in [0.15, 0.2) is 0 Å². The zero-order valence-corrected chi connectivity index (χ0v) is 17.7. The molecule has 2 atom stereocenters. The van der Waals surface area contributed by atoms with Gasteiger partial charge in [-0.05, 0) is 89.6 Å². The number of benzene rings is 1. The highest BCUT2D eigenvalue weighted by Crippen LogP contribution is 2.42. The van der Waals surface area contributed by atoms with Crippen molar-refractivity contribution in [2.45, 2.75) is 70.9 Å². The molecule has 1 N–H and O–H groups in total. The maximum absolute atomic E-state index is 12.7. The van der Waals surface area contributed by atoms with E-state index in [9.17, 15) is 4.79 Å². The van der Waals surface area contributed by atoms with E-state index in [1.54, 1.807) is 0 Å². The molecule has 1 saturated heterocycles. The first-order chi connectivity index (χ1) is 13.5. The highest BCUT2D eigenvalue weighted by Gasteiger charge is 2.48. The molecule has 0 bridgehead atoms. The number of carbonyl (C=O) groups excluding carboxylic acids is 1. The minimum atomic E-state index is -0.727. The van der Waals surface area contributed by atoms with Gasteiger partial charge in [-0.25, -0.2) is 0 Å². The Morgan fingerprint density at radius 1 is 1.21 bits per heavy atom. The lowest BCUT2D eigenvalue weighted by Gasteiger charge is -2.33. The number of carbonyl (C=O) groups is 1. The molecule has 1 heterocycles. The van der Waals surface area contributed by atoms with Crippen LogP contribution >= 0.6 is 0 Å². The van der Waals surface area contributed by atoms with Crippen molar-refractivity contribution in [2.24, 2.45) is 5.92 Å². The van der Waals surface area contributed by atoms with E-state index in [1.165, 1.54) is 25.8 Å². The summed E-state index contributed by atoms with van der Waals surface area (Å²) >= 11 is 0. The third kappa shape index (κ3) is 5.48. The molecule has 1 aliphatic carbocycles. The van der Waals surface area contributed by atoms with Gasteiger partial charge in [0, 0.05) is 24.9 Å². The summed E-state index contributed by atoms with van der Waals surface area (Å²) in [6, 6.07) is 8.36. The molecule has 1 aromatic rings. The van der Waals surface area contributed by atoms with E-state index in [2.05, 4.69) is 17.1 Å². The number of hydrogen-bond donors (Lipinski definition) is 1. The SMILES string of the molecule is CCOC(C)(C(=O)Nc1ccc(OCCCN2CCCCC2C)cc1)C1CC1. The zero-order chi connectivity index (χ0) is 20.0. The molecule has 1 saturated carbocycles. The predicted molar refractivity (Wildman–Crippen MR) is 113 cm³/mol. The van der Waals surface area contributed by atoms with Gasteiger partial charge < -0.3 is 19.7 Å². The first-order valence-corrected chi connectivity index (χ1v) is 10.9. The molecular weight excluding hydrogens is 352 g/mol. The van der Waals surface area contributed by atoms with Crippen LogP contribution in [0.1, 0.15) is 59.3 Å². The normalized spacial score (nSPS) is 22.5. The van der Waals surface area contributed by atoms with Crippen LogP contribution in [0, 0.1) is 5.92 Å². The maximum atomic E-state index is 12.7. The second-order valence-electron chi connectivity index (χ2n) is 8.38. The quantitative estimate of drug-likeness (QED) is 0.601. The van der Waals surface area contributed by atoms with Gasteiger partial charge in [-0.2, -0.15) is 0 Å². The van der Waals surface area contributed by atoms with Gasteiger partial charge in [-0.15, -0.1) is 0 Å². The summed E-state index contributed by atoms with van der Waals surface area (Å²) in [6.45, 7) is 9.76. The van der Waals surface area contributed by atoms with Crippen LogP contribution in [-0.4, -0.2) is 48.8 Å². The molecule has 1 aliphatic heterocycles. The van der Waals surface area contributed by atoms with Crippen LogP contribution < -0.4 is 10.1 Å². The van der Waals surface area contributed by atoms with Crippen molar-refractivity contribution < 1.29 is 14.3 Å².